The molecule has 33 heavy (non-hydrogen) atoms. The Labute approximate surface area is 190 Å². The number of anilines is 2. The number of nitrogens with one attached hydrogen (secondary N) is 2. The second-order valence-electron chi connectivity index (χ2n) is 8.18. The zero-order valence-electron chi connectivity index (χ0n) is 18.9. The highest BCUT2D eigenvalue weighted by Gasteiger charge is 2.20. The largest absolute Gasteiger partial charge is 0.444 e. The Morgan fingerprint density at radius 2 is 1.79 bits per heavy atom. The number of carbonyl (C=O) groups is 2. The second-order valence-corrected chi connectivity index (χ2v) is 8.18. The summed E-state index contributed by atoms with van der Waals surface area (Å²) in [6.45, 7) is 6.91. The van der Waals surface area contributed by atoms with Gasteiger partial charge in [-0.05, 0) is 45.4 Å². The van der Waals surface area contributed by atoms with Gasteiger partial charge in [-0.3, -0.25) is 15.3 Å². The van der Waals surface area contributed by atoms with Crippen LogP contribution in [0.3, 0.4) is 0 Å². The molecule has 2 amide bonds. The first-order valence-electron chi connectivity index (χ1n) is 10.1. The van der Waals surface area contributed by atoms with Gasteiger partial charge in [0.15, 0.2) is 5.82 Å². The zero-order valence-corrected chi connectivity index (χ0v) is 18.9. The van der Waals surface area contributed by atoms with Crippen LogP contribution in [0.25, 0.3) is 11.4 Å². The van der Waals surface area contributed by atoms with E-state index in [1.54, 1.807) is 46.9 Å². The van der Waals surface area contributed by atoms with Gasteiger partial charge in [-0.25, -0.2) is 23.9 Å². The molecule has 0 aliphatic carbocycles. The molecule has 2 aromatic heterocycles. The number of ether oxygens (including phenoxy) is 2. The van der Waals surface area contributed by atoms with Crippen molar-refractivity contribution in [1.82, 2.24) is 19.7 Å². The Balaban J connectivity index is 1.69. The molecule has 0 unspecified atom stereocenters. The number of amides is 2. The summed E-state index contributed by atoms with van der Waals surface area (Å²) in [5.74, 6) is 0.157. The summed E-state index contributed by atoms with van der Waals surface area (Å²) in [5.41, 5.74) is 0.667. The van der Waals surface area contributed by atoms with Crippen LogP contribution in [0.5, 0.6) is 0 Å². The van der Waals surface area contributed by atoms with Gasteiger partial charge in [-0.1, -0.05) is 12.1 Å². The Morgan fingerprint density at radius 1 is 1.09 bits per heavy atom. The molecule has 1 aromatic carbocycles. The predicted molar refractivity (Wildman–Crippen MR) is 119 cm³/mol. The van der Waals surface area contributed by atoms with Gasteiger partial charge in [0, 0.05) is 7.05 Å². The summed E-state index contributed by atoms with van der Waals surface area (Å²) in [7, 11) is 1.63. The highest BCUT2D eigenvalue weighted by Crippen LogP contribution is 2.26. The molecule has 0 spiro atoms. The lowest BCUT2D eigenvalue weighted by molar-refractivity contribution is 0.0635. The quantitative estimate of drug-likeness (QED) is 0.572. The van der Waals surface area contributed by atoms with Gasteiger partial charge in [0.05, 0.1) is 29.8 Å². The van der Waals surface area contributed by atoms with Crippen LogP contribution < -0.4 is 10.6 Å². The first-order chi connectivity index (χ1) is 15.5. The van der Waals surface area contributed by atoms with Crippen molar-refractivity contribution in [1.29, 1.82) is 0 Å². The fourth-order valence-electron chi connectivity index (χ4n) is 2.82. The minimum atomic E-state index is -0.750. The van der Waals surface area contributed by atoms with Crippen molar-refractivity contribution < 1.29 is 23.5 Å². The predicted octanol–water partition coefficient (Wildman–Crippen LogP) is 4.67. The number of carbonyl (C=O) groups excluding carboxylic acids is 2. The molecule has 0 saturated heterocycles. The Bertz CT molecular complexity index is 1140. The normalized spacial score (nSPS) is 12.1. The van der Waals surface area contributed by atoms with Crippen molar-refractivity contribution in [3.63, 3.8) is 0 Å². The number of nitrogens with zero attached hydrogens (tertiary/aromatic N) is 4. The minimum Gasteiger partial charge on any atom is -0.444 e. The van der Waals surface area contributed by atoms with Crippen molar-refractivity contribution in [3.8, 4) is 11.4 Å². The molecule has 1 atom stereocenters. The maximum Gasteiger partial charge on any atom is 0.413 e. The van der Waals surface area contributed by atoms with Crippen LogP contribution in [0.4, 0.5) is 25.5 Å². The van der Waals surface area contributed by atoms with E-state index in [0.717, 1.165) is 0 Å². The molecule has 3 rings (SSSR count). The summed E-state index contributed by atoms with van der Waals surface area (Å²) in [6.07, 6.45) is 2.26. The van der Waals surface area contributed by atoms with Gasteiger partial charge >= 0.3 is 12.2 Å². The van der Waals surface area contributed by atoms with Crippen molar-refractivity contribution in [3.05, 3.63) is 54.2 Å². The van der Waals surface area contributed by atoms with Crippen molar-refractivity contribution in [2.45, 2.75) is 39.4 Å². The zero-order chi connectivity index (χ0) is 24.2. The molecule has 0 radical (unpaired) electrons. The van der Waals surface area contributed by atoms with E-state index in [2.05, 4.69) is 25.7 Å². The smallest absolute Gasteiger partial charge is 0.413 e. The maximum absolute atomic E-state index is 13.4. The summed E-state index contributed by atoms with van der Waals surface area (Å²) in [5, 5.41) is 9.30. The molecule has 2 N–H and O–H groups in total. The van der Waals surface area contributed by atoms with Gasteiger partial charge in [0.25, 0.3) is 0 Å². The molecule has 0 fully saturated rings. The Morgan fingerprint density at radius 3 is 2.42 bits per heavy atom. The highest BCUT2D eigenvalue weighted by atomic mass is 19.1. The number of hydrogen-bond donors (Lipinski definition) is 2. The van der Waals surface area contributed by atoms with E-state index in [1.807, 2.05) is 0 Å². The molecule has 0 bridgehead atoms. The van der Waals surface area contributed by atoms with Crippen LogP contribution in [-0.4, -0.2) is 37.5 Å². The van der Waals surface area contributed by atoms with Crippen molar-refractivity contribution in [2.24, 2.45) is 7.05 Å². The molecular weight excluding hydrogens is 431 g/mol. The van der Waals surface area contributed by atoms with Crippen LogP contribution >= 0.6 is 0 Å². The molecule has 2 heterocycles. The van der Waals surface area contributed by atoms with E-state index >= 15 is 0 Å². The molecule has 0 aliphatic rings. The molecule has 11 heteroatoms. The highest BCUT2D eigenvalue weighted by molar-refractivity contribution is 5.89. The minimum absolute atomic E-state index is 0.270. The van der Waals surface area contributed by atoms with E-state index in [-0.39, 0.29) is 5.82 Å². The fourth-order valence-corrected chi connectivity index (χ4v) is 2.82. The van der Waals surface area contributed by atoms with E-state index in [0.29, 0.717) is 22.6 Å². The molecule has 10 nitrogen and oxygen atoms in total. The van der Waals surface area contributed by atoms with E-state index in [4.69, 9.17) is 9.47 Å². The molecule has 3 aromatic rings. The fraction of sp³-hybridized carbons (Fsp3) is 0.318. The third-order valence-electron chi connectivity index (χ3n) is 4.30. The van der Waals surface area contributed by atoms with Crippen LogP contribution in [0.2, 0.25) is 0 Å². The lowest BCUT2D eigenvalue weighted by Gasteiger charge is -2.19. The molecule has 0 saturated carbocycles. The van der Waals surface area contributed by atoms with Gasteiger partial charge in [-0.2, -0.15) is 5.10 Å². The third kappa shape index (κ3) is 6.48. The van der Waals surface area contributed by atoms with Gasteiger partial charge in [0.1, 0.15) is 23.3 Å². The number of aryl methyl sites for hydroxylation is 1. The van der Waals surface area contributed by atoms with Gasteiger partial charge in [0.2, 0.25) is 0 Å². The number of aromatic nitrogens is 4. The van der Waals surface area contributed by atoms with Crippen molar-refractivity contribution >= 4 is 23.7 Å². The average Bonchev–Trinajstić information content (AvgIpc) is 3.07. The number of hydrogen-bond acceptors (Lipinski definition) is 7. The third-order valence-corrected chi connectivity index (χ3v) is 4.30. The van der Waals surface area contributed by atoms with Crippen LogP contribution in [0.15, 0.2) is 42.9 Å². The maximum atomic E-state index is 13.4. The van der Waals surface area contributed by atoms with Crippen LogP contribution in [-0.2, 0) is 16.5 Å². The first-order valence-corrected chi connectivity index (χ1v) is 10.1. The number of halogens is 1. The molecule has 0 aliphatic heterocycles. The Hall–Kier alpha value is -4.02. The lowest BCUT2D eigenvalue weighted by atomic mass is 10.1. The number of rotatable bonds is 5. The van der Waals surface area contributed by atoms with Crippen molar-refractivity contribution in [2.75, 3.05) is 10.6 Å². The lowest BCUT2D eigenvalue weighted by Crippen LogP contribution is -2.27. The van der Waals surface area contributed by atoms with Crippen LogP contribution in [0.1, 0.15) is 39.4 Å². The summed E-state index contributed by atoms with van der Waals surface area (Å²) in [6, 6.07) is 5.82. The summed E-state index contributed by atoms with van der Waals surface area (Å²) < 4.78 is 25.4. The second kappa shape index (κ2) is 9.63. The summed E-state index contributed by atoms with van der Waals surface area (Å²) in [4.78, 5) is 32.8. The SMILES string of the molecule is C[C@@H](OC(=O)Nc1c(-c2ncc(NC(=O)OC(C)(C)C)cn2)cnn1C)c1cccc(F)c1. The van der Waals surface area contributed by atoms with Gasteiger partial charge < -0.3 is 9.47 Å². The van der Waals surface area contributed by atoms with E-state index in [9.17, 15) is 14.0 Å². The topological polar surface area (TPSA) is 120 Å². The van der Waals surface area contributed by atoms with E-state index < -0.39 is 29.7 Å². The Kier molecular flexibility index (Phi) is 6.90. The molecular formula is C22H25FN6O4. The summed E-state index contributed by atoms with van der Waals surface area (Å²) >= 11 is 0. The first kappa shape index (κ1) is 23.6. The average molecular weight is 456 g/mol. The van der Waals surface area contributed by atoms with Gasteiger partial charge in [-0.15, -0.1) is 0 Å². The standard InChI is InChI=1S/C22H25FN6O4/c1-13(14-7-6-8-15(23)9-14)32-20(30)28-19-17(12-26-29(19)5)18-24-10-16(11-25-18)27-21(31)33-22(2,3)4/h6-13H,1-5H3,(H,27,31)(H,28,30)/t13-/m1/s1. The monoisotopic (exact) mass is 456 g/mol. The van der Waals surface area contributed by atoms with Crippen LogP contribution in [0, 0.1) is 5.82 Å². The number of benzene rings is 1. The van der Waals surface area contributed by atoms with E-state index in [1.165, 1.54) is 35.4 Å². The molecule has 174 valence electrons.